The molecule has 0 aliphatic carbocycles. The van der Waals surface area contributed by atoms with Gasteiger partial charge in [0.1, 0.15) is 0 Å². The van der Waals surface area contributed by atoms with Gasteiger partial charge in [-0.2, -0.15) is 0 Å². The second-order valence-corrected chi connectivity index (χ2v) is 4.97. The van der Waals surface area contributed by atoms with Gasteiger partial charge in [-0.15, -0.1) is 0 Å². The molecule has 0 aromatic carbocycles. The van der Waals surface area contributed by atoms with E-state index in [0.717, 1.165) is 0 Å². The van der Waals surface area contributed by atoms with E-state index >= 15 is 0 Å². The fourth-order valence-corrected chi connectivity index (χ4v) is 1.94. The van der Waals surface area contributed by atoms with E-state index in [1.165, 1.54) is 0 Å². The van der Waals surface area contributed by atoms with E-state index in [1.807, 2.05) is 20.8 Å². The minimum atomic E-state index is -0.314. The summed E-state index contributed by atoms with van der Waals surface area (Å²) in [4.78, 5) is 21.3. The second-order valence-electron chi connectivity index (χ2n) is 4.97. The van der Waals surface area contributed by atoms with Crippen molar-refractivity contribution in [1.29, 1.82) is 0 Å². The molecule has 0 rings (SSSR count). The lowest BCUT2D eigenvalue weighted by atomic mass is 9.80. The average Bonchev–Trinajstić information content (AvgIpc) is 1.98. The maximum Gasteiger partial charge on any atom is 0.306 e. The standard InChI is InChI=1S/C11H21NO4/c1-5-16-10(13)7-11(3,4)6-9(2)8-12(14)15/h9H,5-8H2,1-4H3. The molecule has 0 aromatic rings. The molecule has 0 radical (unpaired) electrons. The van der Waals surface area contributed by atoms with Crippen molar-refractivity contribution in [2.24, 2.45) is 11.3 Å². The molecule has 16 heavy (non-hydrogen) atoms. The maximum absolute atomic E-state index is 11.3. The molecular weight excluding hydrogens is 210 g/mol. The number of nitro groups is 1. The Morgan fingerprint density at radius 3 is 2.50 bits per heavy atom. The molecule has 0 heterocycles. The highest BCUT2D eigenvalue weighted by Crippen LogP contribution is 2.29. The molecule has 0 bridgehead atoms. The third-order valence-corrected chi connectivity index (χ3v) is 2.29. The number of carbonyl (C=O) groups excluding carboxylic acids is 1. The van der Waals surface area contributed by atoms with Gasteiger partial charge in [-0.3, -0.25) is 14.9 Å². The smallest absolute Gasteiger partial charge is 0.306 e. The molecule has 5 heteroatoms. The summed E-state index contributed by atoms with van der Waals surface area (Å²) in [5, 5.41) is 10.3. The van der Waals surface area contributed by atoms with Gasteiger partial charge >= 0.3 is 5.97 Å². The summed E-state index contributed by atoms with van der Waals surface area (Å²) in [5.74, 6) is -0.264. The molecule has 0 saturated carbocycles. The first-order valence-electron chi connectivity index (χ1n) is 5.54. The highest BCUT2D eigenvalue weighted by molar-refractivity contribution is 5.70. The van der Waals surface area contributed by atoms with Gasteiger partial charge in [0.25, 0.3) is 0 Å². The van der Waals surface area contributed by atoms with Crippen LogP contribution in [0.4, 0.5) is 0 Å². The van der Waals surface area contributed by atoms with Crippen molar-refractivity contribution < 1.29 is 14.5 Å². The Morgan fingerprint density at radius 1 is 1.50 bits per heavy atom. The van der Waals surface area contributed by atoms with Gasteiger partial charge in [-0.05, 0) is 18.8 Å². The first kappa shape index (κ1) is 14.9. The van der Waals surface area contributed by atoms with Crippen LogP contribution in [0.3, 0.4) is 0 Å². The Bertz CT molecular complexity index is 250. The number of carbonyl (C=O) groups is 1. The average molecular weight is 231 g/mol. The fraction of sp³-hybridized carbons (Fsp3) is 0.909. The number of rotatable bonds is 7. The van der Waals surface area contributed by atoms with Gasteiger partial charge in [0.15, 0.2) is 0 Å². The molecular formula is C11H21NO4. The highest BCUT2D eigenvalue weighted by Gasteiger charge is 2.26. The maximum atomic E-state index is 11.3. The third-order valence-electron chi connectivity index (χ3n) is 2.29. The van der Waals surface area contributed by atoms with Crippen LogP contribution in [0.1, 0.15) is 40.5 Å². The van der Waals surface area contributed by atoms with Crippen LogP contribution >= 0.6 is 0 Å². The minimum absolute atomic E-state index is 0.0283. The molecule has 0 aliphatic rings. The largest absolute Gasteiger partial charge is 0.466 e. The highest BCUT2D eigenvalue weighted by atomic mass is 16.6. The van der Waals surface area contributed by atoms with E-state index in [2.05, 4.69) is 0 Å². The number of hydrogen-bond donors (Lipinski definition) is 0. The van der Waals surface area contributed by atoms with Crippen LogP contribution in [-0.2, 0) is 9.53 Å². The van der Waals surface area contributed by atoms with Crippen LogP contribution in [0, 0.1) is 21.4 Å². The number of hydrogen-bond acceptors (Lipinski definition) is 4. The molecule has 0 fully saturated rings. The number of esters is 1. The van der Waals surface area contributed by atoms with E-state index in [1.54, 1.807) is 6.92 Å². The van der Waals surface area contributed by atoms with Crippen LogP contribution in [0.5, 0.6) is 0 Å². The second kappa shape index (κ2) is 6.45. The summed E-state index contributed by atoms with van der Waals surface area (Å²) in [7, 11) is 0. The molecule has 0 aromatic heterocycles. The Morgan fingerprint density at radius 2 is 2.06 bits per heavy atom. The minimum Gasteiger partial charge on any atom is -0.466 e. The molecule has 0 aliphatic heterocycles. The van der Waals surface area contributed by atoms with Gasteiger partial charge in [-0.25, -0.2) is 0 Å². The summed E-state index contributed by atoms with van der Waals surface area (Å²) < 4.78 is 4.87. The number of ether oxygens (including phenoxy) is 1. The van der Waals surface area contributed by atoms with Crippen molar-refractivity contribution in [3.63, 3.8) is 0 Å². The monoisotopic (exact) mass is 231 g/mol. The summed E-state index contributed by atoms with van der Waals surface area (Å²) in [6.07, 6.45) is 0.954. The summed E-state index contributed by atoms with van der Waals surface area (Å²) >= 11 is 0. The van der Waals surface area contributed by atoms with Gasteiger partial charge in [-0.1, -0.05) is 20.8 Å². The first-order chi connectivity index (χ1) is 7.26. The van der Waals surface area contributed by atoms with E-state index in [9.17, 15) is 14.9 Å². The van der Waals surface area contributed by atoms with Gasteiger partial charge in [0.2, 0.25) is 6.54 Å². The topological polar surface area (TPSA) is 69.4 Å². The summed E-state index contributed by atoms with van der Waals surface area (Å²) in [6, 6.07) is 0. The molecule has 0 saturated heterocycles. The van der Waals surface area contributed by atoms with Crippen molar-refractivity contribution in [1.82, 2.24) is 0 Å². The van der Waals surface area contributed by atoms with Crippen LogP contribution in [-0.4, -0.2) is 24.0 Å². The predicted octanol–water partition coefficient (Wildman–Crippen LogP) is 2.27. The zero-order valence-corrected chi connectivity index (χ0v) is 10.5. The van der Waals surface area contributed by atoms with Crippen LogP contribution in [0.15, 0.2) is 0 Å². The van der Waals surface area contributed by atoms with Crippen LogP contribution in [0.25, 0.3) is 0 Å². The van der Waals surface area contributed by atoms with Crippen molar-refractivity contribution in [2.45, 2.75) is 40.5 Å². The molecule has 5 nitrogen and oxygen atoms in total. The third kappa shape index (κ3) is 7.20. The Kier molecular flexibility index (Phi) is 6.00. The van der Waals surface area contributed by atoms with Gasteiger partial charge in [0, 0.05) is 10.8 Å². The van der Waals surface area contributed by atoms with E-state index in [0.29, 0.717) is 19.4 Å². The molecule has 0 amide bonds. The normalized spacial score (nSPS) is 13.2. The Balaban J connectivity index is 4.12. The molecule has 94 valence electrons. The lowest BCUT2D eigenvalue weighted by Gasteiger charge is -2.25. The lowest BCUT2D eigenvalue weighted by Crippen LogP contribution is -2.24. The van der Waals surface area contributed by atoms with E-state index in [4.69, 9.17) is 4.74 Å². The summed E-state index contributed by atoms with van der Waals surface area (Å²) in [5.41, 5.74) is -0.248. The number of nitrogens with zero attached hydrogens (tertiary/aromatic N) is 1. The molecule has 1 atom stereocenters. The predicted molar refractivity (Wildman–Crippen MR) is 60.7 cm³/mol. The first-order valence-corrected chi connectivity index (χ1v) is 5.54. The molecule has 0 N–H and O–H groups in total. The lowest BCUT2D eigenvalue weighted by molar-refractivity contribution is -0.488. The van der Waals surface area contributed by atoms with Crippen molar-refractivity contribution in [3.05, 3.63) is 10.1 Å². The van der Waals surface area contributed by atoms with Crippen LogP contribution in [0.2, 0.25) is 0 Å². The van der Waals surface area contributed by atoms with E-state index < -0.39 is 0 Å². The van der Waals surface area contributed by atoms with Crippen molar-refractivity contribution >= 4 is 5.97 Å². The van der Waals surface area contributed by atoms with Crippen molar-refractivity contribution in [3.8, 4) is 0 Å². The Hall–Kier alpha value is -1.13. The fourth-order valence-electron chi connectivity index (χ4n) is 1.94. The Labute approximate surface area is 96.3 Å². The zero-order valence-electron chi connectivity index (χ0n) is 10.5. The zero-order chi connectivity index (χ0) is 12.8. The van der Waals surface area contributed by atoms with Gasteiger partial charge < -0.3 is 4.74 Å². The molecule has 0 spiro atoms. The van der Waals surface area contributed by atoms with Crippen molar-refractivity contribution in [2.75, 3.05) is 13.2 Å². The molecule has 1 unspecified atom stereocenters. The SMILES string of the molecule is CCOC(=O)CC(C)(C)CC(C)C[N+](=O)[O-]. The van der Waals surface area contributed by atoms with E-state index in [-0.39, 0.29) is 28.8 Å². The van der Waals surface area contributed by atoms with Crippen LogP contribution < -0.4 is 0 Å². The van der Waals surface area contributed by atoms with Gasteiger partial charge in [0.05, 0.1) is 13.0 Å². The quantitative estimate of drug-likeness (QED) is 0.383. The summed E-state index contributed by atoms with van der Waals surface area (Å²) in [6.45, 7) is 7.78.